The zero-order valence-corrected chi connectivity index (χ0v) is 9.99. The Hall–Kier alpha value is -1.77. The summed E-state index contributed by atoms with van der Waals surface area (Å²) in [7, 11) is 0. The molecule has 84 valence electrons. The molecule has 0 spiro atoms. The molecular weight excluding hydrogens is 198 g/mol. The maximum absolute atomic E-state index is 4.30. The van der Waals surface area contributed by atoms with E-state index in [2.05, 4.69) is 53.8 Å². The number of imidazole rings is 1. The third kappa shape index (κ3) is 2.08. The highest BCUT2D eigenvalue weighted by molar-refractivity contribution is 5.59. The zero-order valence-electron chi connectivity index (χ0n) is 9.99. The summed E-state index contributed by atoms with van der Waals surface area (Å²) in [5, 5.41) is 3.35. The minimum atomic E-state index is 0.898. The highest BCUT2D eigenvalue weighted by Crippen LogP contribution is 2.20. The van der Waals surface area contributed by atoms with Crippen molar-refractivity contribution in [3.63, 3.8) is 0 Å². The Labute approximate surface area is 96.1 Å². The highest BCUT2D eigenvalue weighted by Gasteiger charge is 2.03. The smallest absolute Gasteiger partial charge is 0.207 e. The van der Waals surface area contributed by atoms with Gasteiger partial charge in [-0.2, -0.15) is 0 Å². The Morgan fingerprint density at radius 2 is 2.12 bits per heavy atom. The van der Waals surface area contributed by atoms with Gasteiger partial charge in [-0.3, -0.25) is 0 Å². The van der Waals surface area contributed by atoms with Crippen molar-refractivity contribution in [1.82, 2.24) is 9.55 Å². The summed E-state index contributed by atoms with van der Waals surface area (Å²) < 4.78 is 2.08. The van der Waals surface area contributed by atoms with Crippen LogP contribution in [0.4, 0.5) is 11.6 Å². The molecule has 0 aliphatic carbocycles. The molecule has 3 nitrogen and oxygen atoms in total. The standard InChI is InChI=1S/C13H17N3/c1-4-16-8-7-14-13(16)15-12-6-5-10(2)9-11(12)3/h5-9H,4H2,1-3H3,(H,14,15). The van der Waals surface area contributed by atoms with Crippen LogP contribution >= 0.6 is 0 Å². The Balaban J connectivity index is 2.27. The number of hydrogen-bond donors (Lipinski definition) is 1. The first-order valence-corrected chi connectivity index (χ1v) is 5.56. The molecule has 16 heavy (non-hydrogen) atoms. The fourth-order valence-corrected chi connectivity index (χ4v) is 1.76. The lowest BCUT2D eigenvalue weighted by molar-refractivity contribution is 0.771. The molecule has 1 aromatic heterocycles. The molecule has 0 aliphatic heterocycles. The number of nitrogens with one attached hydrogen (secondary N) is 1. The van der Waals surface area contributed by atoms with Crippen LogP contribution in [-0.4, -0.2) is 9.55 Å². The summed E-state index contributed by atoms with van der Waals surface area (Å²) >= 11 is 0. The third-order valence-electron chi connectivity index (χ3n) is 2.68. The molecule has 2 rings (SSSR count). The second-order valence-electron chi connectivity index (χ2n) is 3.98. The van der Waals surface area contributed by atoms with Crippen molar-refractivity contribution in [3.05, 3.63) is 41.7 Å². The first kappa shape index (κ1) is 10.7. The Morgan fingerprint density at radius 3 is 2.81 bits per heavy atom. The fraction of sp³-hybridized carbons (Fsp3) is 0.308. The average molecular weight is 215 g/mol. The van der Waals surface area contributed by atoms with Crippen LogP contribution in [0.25, 0.3) is 0 Å². The van der Waals surface area contributed by atoms with Gasteiger partial charge >= 0.3 is 0 Å². The van der Waals surface area contributed by atoms with E-state index in [1.165, 1.54) is 11.1 Å². The van der Waals surface area contributed by atoms with Gasteiger partial charge < -0.3 is 9.88 Å². The molecule has 0 amide bonds. The molecule has 2 aromatic rings. The molecule has 0 unspecified atom stereocenters. The zero-order chi connectivity index (χ0) is 11.5. The predicted octanol–water partition coefficient (Wildman–Crippen LogP) is 3.26. The van der Waals surface area contributed by atoms with Gasteiger partial charge in [0.05, 0.1) is 0 Å². The van der Waals surface area contributed by atoms with E-state index in [-0.39, 0.29) is 0 Å². The van der Waals surface area contributed by atoms with Gasteiger partial charge in [0.2, 0.25) is 5.95 Å². The molecule has 0 bridgehead atoms. The van der Waals surface area contributed by atoms with Crippen molar-refractivity contribution in [1.29, 1.82) is 0 Å². The van der Waals surface area contributed by atoms with Crippen LogP contribution in [0.5, 0.6) is 0 Å². The summed E-state index contributed by atoms with van der Waals surface area (Å²) in [6.07, 6.45) is 3.79. The minimum absolute atomic E-state index is 0.898. The van der Waals surface area contributed by atoms with Gasteiger partial charge in [0.1, 0.15) is 0 Å². The van der Waals surface area contributed by atoms with Crippen LogP contribution in [0.1, 0.15) is 18.1 Å². The van der Waals surface area contributed by atoms with Crippen molar-refractivity contribution in [2.24, 2.45) is 0 Å². The van der Waals surface area contributed by atoms with Crippen LogP contribution in [0.15, 0.2) is 30.6 Å². The van der Waals surface area contributed by atoms with Crippen LogP contribution < -0.4 is 5.32 Å². The molecule has 0 radical (unpaired) electrons. The highest BCUT2D eigenvalue weighted by atomic mass is 15.2. The SMILES string of the molecule is CCn1ccnc1Nc1ccc(C)cc1C. The van der Waals surface area contributed by atoms with Crippen LogP contribution in [-0.2, 0) is 6.54 Å². The van der Waals surface area contributed by atoms with E-state index in [1.54, 1.807) is 0 Å². The van der Waals surface area contributed by atoms with Crippen LogP contribution in [0.3, 0.4) is 0 Å². The Bertz CT molecular complexity index is 486. The second kappa shape index (κ2) is 4.39. The number of aromatic nitrogens is 2. The maximum atomic E-state index is 4.30. The summed E-state index contributed by atoms with van der Waals surface area (Å²) in [5.41, 5.74) is 3.64. The topological polar surface area (TPSA) is 29.9 Å². The van der Waals surface area contributed by atoms with E-state index >= 15 is 0 Å². The molecule has 3 heteroatoms. The van der Waals surface area contributed by atoms with E-state index in [4.69, 9.17) is 0 Å². The van der Waals surface area contributed by atoms with Gasteiger partial charge in [-0.05, 0) is 32.4 Å². The summed E-state index contributed by atoms with van der Waals surface area (Å²) in [5.74, 6) is 0.898. The van der Waals surface area contributed by atoms with E-state index in [9.17, 15) is 0 Å². The number of rotatable bonds is 3. The minimum Gasteiger partial charge on any atom is -0.325 e. The molecule has 0 aliphatic rings. The largest absolute Gasteiger partial charge is 0.325 e. The monoisotopic (exact) mass is 215 g/mol. The molecule has 1 heterocycles. The quantitative estimate of drug-likeness (QED) is 0.851. The Morgan fingerprint density at radius 1 is 1.31 bits per heavy atom. The van der Waals surface area contributed by atoms with Crippen molar-refractivity contribution in [2.45, 2.75) is 27.3 Å². The molecule has 0 saturated carbocycles. The first-order valence-electron chi connectivity index (χ1n) is 5.56. The van der Waals surface area contributed by atoms with E-state index in [0.717, 1.165) is 18.2 Å². The normalized spacial score (nSPS) is 10.4. The fourth-order valence-electron chi connectivity index (χ4n) is 1.76. The van der Waals surface area contributed by atoms with Gasteiger partial charge in [-0.1, -0.05) is 17.7 Å². The lowest BCUT2D eigenvalue weighted by Crippen LogP contribution is -2.02. The van der Waals surface area contributed by atoms with Gasteiger partial charge in [0.25, 0.3) is 0 Å². The third-order valence-corrected chi connectivity index (χ3v) is 2.68. The predicted molar refractivity (Wildman–Crippen MR) is 67.1 cm³/mol. The Kier molecular flexibility index (Phi) is 2.95. The van der Waals surface area contributed by atoms with E-state index < -0.39 is 0 Å². The van der Waals surface area contributed by atoms with Crippen molar-refractivity contribution in [3.8, 4) is 0 Å². The second-order valence-corrected chi connectivity index (χ2v) is 3.98. The van der Waals surface area contributed by atoms with Gasteiger partial charge in [0, 0.05) is 24.6 Å². The molecule has 0 atom stereocenters. The molecular formula is C13H17N3. The number of hydrogen-bond acceptors (Lipinski definition) is 2. The summed E-state index contributed by atoms with van der Waals surface area (Å²) in [6, 6.07) is 6.37. The van der Waals surface area contributed by atoms with Crippen molar-refractivity contribution < 1.29 is 0 Å². The lowest BCUT2D eigenvalue weighted by atomic mass is 10.1. The van der Waals surface area contributed by atoms with Crippen LogP contribution in [0.2, 0.25) is 0 Å². The van der Waals surface area contributed by atoms with Gasteiger partial charge in [-0.25, -0.2) is 4.98 Å². The van der Waals surface area contributed by atoms with E-state index in [0.29, 0.717) is 0 Å². The van der Waals surface area contributed by atoms with Crippen molar-refractivity contribution >= 4 is 11.6 Å². The molecule has 0 fully saturated rings. The average Bonchev–Trinajstić information content (AvgIpc) is 2.69. The first-order chi connectivity index (χ1) is 7.70. The molecule has 1 N–H and O–H groups in total. The lowest BCUT2D eigenvalue weighted by Gasteiger charge is -2.10. The number of benzene rings is 1. The van der Waals surface area contributed by atoms with Crippen molar-refractivity contribution in [2.75, 3.05) is 5.32 Å². The van der Waals surface area contributed by atoms with Crippen LogP contribution in [0, 0.1) is 13.8 Å². The number of anilines is 2. The maximum Gasteiger partial charge on any atom is 0.207 e. The van der Waals surface area contributed by atoms with Gasteiger partial charge in [0.15, 0.2) is 0 Å². The van der Waals surface area contributed by atoms with E-state index in [1.807, 2.05) is 12.4 Å². The number of nitrogens with zero attached hydrogens (tertiary/aromatic N) is 2. The van der Waals surface area contributed by atoms with Gasteiger partial charge in [-0.15, -0.1) is 0 Å². The summed E-state index contributed by atoms with van der Waals surface area (Å²) in [6.45, 7) is 7.24. The molecule has 1 aromatic carbocycles. The summed E-state index contributed by atoms with van der Waals surface area (Å²) in [4.78, 5) is 4.30. The molecule has 0 saturated heterocycles. The number of aryl methyl sites for hydroxylation is 3.